The Labute approximate surface area is 115 Å². The summed E-state index contributed by atoms with van der Waals surface area (Å²) < 4.78 is 66.1. The number of hydrogen-bond donors (Lipinski definition) is 1. The van der Waals surface area contributed by atoms with E-state index in [0.717, 1.165) is 17.0 Å². The fourth-order valence-corrected chi connectivity index (χ4v) is 2.15. The van der Waals surface area contributed by atoms with Crippen LogP contribution in [0.25, 0.3) is 0 Å². The van der Waals surface area contributed by atoms with Gasteiger partial charge in [-0.05, 0) is 6.07 Å². The average molecular weight is 311 g/mol. The molecule has 0 radical (unpaired) electrons. The first-order chi connectivity index (χ1) is 9.67. The lowest BCUT2D eigenvalue weighted by molar-refractivity contribution is -0.355. The molecule has 1 aliphatic heterocycles. The lowest BCUT2D eigenvalue weighted by Crippen LogP contribution is -2.56. The van der Waals surface area contributed by atoms with E-state index in [4.69, 9.17) is 5.11 Å². The molecule has 1 aromatic carbocycles. The van der Waals surface area contributed by atoms with Crippen LogP contribution in [0.15, 0.2) is 18.2 Å². The third-order valence-electron chi connectivity index (χ3n) is 3.03. The van der Waals surface area contributed by atoms with Gasteiger partial charge < -0.3 is 5.11 Å². The molecule has 1 heterocycles. The zero-order valence-corrected chi connectivity index (χ0v) is 10.4. The Bertz CT molecular complexity index is 542. The summed E-state index contributed by atoms with van der Waals surface area (Å²) in [6, 6.07) is 0.882. The van der Waals surface area contributed by atoms with Crippen molar-refractivity contribution in [2.45, 2.75) is 18.5 Å². The molecule has 21 heavy (non-hydrogen) atoms. The Hall–Kier alpha value is -1.74. The third kappa shape index (κ3) is 3.67. The lowest BCUT2D eigenvalue weighted by atomic mass is 10.00. The molecule has 0 amide bonds. The topological polar surface area (TPSA) is 49.8 Å². The van der Waals surface area contributed by atoms with E-state index in [2.05, 4.69) is 4.74 Å². The Morgan fingerprint density at radius 3 is 2.43 bits per heavy atom. The number of hydrogen-bond acceptors (Lipinski definition) is 3. The predicted octanol–water partition coefficient (Wildman–Crippen LogP) is 2.31. The quantitative estimate of drug-likeness (QED) is 0.867. The molecule has 1 N–H and O–H groups in total. The average Bonchev–Trinajstić information content (AvgIpc) is 2.26. The Morgan fingerprint density at radius 2 is 1.95 bits per heavy atom. The highest BCUT2D eigenvalue weighted by Gasteiger charge is 2.44. The molecule has 0 aromatic heterocycles. The van der Waals surface area contributed by atoms with Gasteiger partial charge in [0.25, 0.3) is 0 Å². The molecule has 0 saturated carbocycles. The van der Waals surface area contributed by atoms with Gasteiger partial charge in [0.2, 0.25) is 0 Å². The number of carbonyl (C=O) groups is 1. The molecule has 0 spiro atoms. The van der Waals surface area contributed by atoms with Gasteiger partial charge in [0.1, 0.15) is 17.7 Å². The fraction of sp³-hybridized carbons (Fsp3) is 0.417. The standard InChI is InChI=1S/C12H10F5NO3/c13-6-1-2-8(9(14)3-6)10(11(19)20)18-4-7(5-18)21-12(15,16)17/h1-3,7,10H,4-5H2,(H,19,20). The molecule has 1 aliphatic rings. The molecule has 9 heteroatoms. The molecule has 1 atom stereocenters. The largest absolute Gasteiger partial charge is 0.522 e. The Balaban J connectivity index is 2.10. The summed E-state index contributed by atoms with van der Waals surface area (Å²) in [5, 5.41) is 9.11. The lowest BCUT2D eigenvalue weighted by Gasteiger charge is -2.42. The maximum absolute atomic E-state index is 13.6. The van der Waals surface area contributed by atoms with Crippen LogP contribution in [0.2, 0.25) is 0 Å². The molecule has 1 aromatic rings. The number of carboxylic acids is 1. The summed E-state index contributed by atoms with van der Waals surface area (Å²) in [4.78, 5) is 12.3. The Morgan fingerprint density at radius 1 is 1.33 bits per heavy atom. The van der Waals surface area contributed by atoms with Gasteiger partial charge in [-0.25, -0.2) is 8.78 Å². The molecule has 116 valence electrons. The summed E-state index contributed by atoms with van der Waals surface area (Å²) >= 11 is 0. The van der Waals surface area contributed by atoms with Crippen LogP contribution in [0.4, 0.5) is 22.0 Å². The van der Waals surface area contributed by atoms with Crippen LogP contribution in [-0.2, 0) is 9.53 Å². The first-order valence-corrected chi connectivity index (χ1v) is 5.84. The number of halogens is 5. The fourth-order valence-electron chi connectivity index (χ4n) is 2.15. The van der Waals surface area contributed by atoms with E-state index in [1.165, 1.54) is 0 Å². The van der Waals surface area contributed by atoms with Crippen LogP contribution in [0, 0.1) is 11.6 Å². The van der Waals surface area contributed by atoms with Crippen LogP contribution in [-0.4, -0.2) is 41.5 Å². The van der Waals surface area contributed by atoms with Crippen LogP contribution >= 0.6 is 0 Å². The molecule has 4 nitrogen and oxygen atoms in total. The first-order valence-electron chi connectivity index (χ1n) is 5.84. The van der Waals surface area contributed by atoms with Crippen molar-refractivity contribution < 1.29 is 36.6 Å². The van der Waals surface area contributed by atoms with Crippen molar-refractivity contribution in [2.75, 3.05) is 13.1 Å². The maximum Gasteiger partial charge on any atom is 0.522 e. The number of alkyl halides is 3. The minimum absolute atomic E-state index is 0.311. The number of ether oxygens (including phenoxy) is 1. The van der Waals surface area contributed by atoms with E-state index in [0.29, 0.717) is 6.07 Å². The molecule has 1 saturated heterocycles. The van der Waals surface area contributed by atoms with E-state index in [1.807, 2.05) is 0 Å². The van der Waals surface area contributed by atoms with Crippen molar-refractivity contribution in [3.8, 4) is 0 Å². The maximum atomic E-state index is 13.6. The van der Waals surface area contributed by atoms with Gasteiger partial charge in [0.15, 0.2) is 0 Å². The molecular formula is C12H10F5NO3. The summed E-state index contributed by atoms with van der Waals surface area (Å²) in [6.45, 7) is -0.624. The second-order valence-corrected chi connectivity index (χ2v) is 4.55. The zero-order valence-electron chi connectivity index (χ0n) is 10.4. The molecule has 1 unspecified atom stereocenters. The predicted molar refractivity (Wildman–Crippen MR) is 59.2 cm³/mol. The minimum atomic E-state index is -4.81. The first kappa shape index (κ1) is 15.6. The highest BCUT2D eigenvalue weighted by Crippen LogP contribution is 2.32. The van der Waals surface area contributed by atoms with Crippen molar-refractivity contribution in [1.29, 1.82) is 0 Å². The molecule has 2 rings (SSSR count). The summed E-state index contributed by atoms with van der Waals surface area (Å²) in [6.07, 6.45) is -6.01. The summed E-state index contributed by atoms with van der Waals surface area (Å²) in [5.41, 5.74) is -0.311. The molecule has 0 bridgehead atoms. The number of rotatable bonds is 4. The van der Waals surface area contributed by atoms with E-state index < -0.39 is 36.1 Å². The third-order valence-corrected chi connectivity index (χ3v) is 3.03. The molecule has 0 aliphatic carbocycles. The second-order valence-electron chi connectivity index (χ2n) is 4.55. The zero-order chi connectivity index (χ0) is 15.8. The normalized spacial score (nSPS) is 18.3. The smallest absolute Gasteiger partial charge is 0.480 e. The second kappa shape index (κ2) is 5.57. The van der Waals surface area contributed by atoms with Gasteiger partial charge in [-0.2, -0.15) is 0 Å². The number of carboxylic acid groups (broad SMARTS) is 1. The molecule has 1 fully saturated rings. The SMILES string of the molecule is O=C(O)C(c1ccc(F)cc1F)N1CC(OC(F)(F)F)C1. The van der Waals surface area contributed by atoms with Crippen LogP contribution in [0.3, 0.4) is 0 Å². The van der Waals surface area contributed by atoms with Crippen LogP contribution in [0.5, 0.6) is 0 Å². The highest BCUT2D eigenvalue weighted by molar-refractivity contribution is 5.75. The molecular weight excluding hydrogens is 301 g/mol. The van der Waals surface area contributed by atoms with E-state index in [9.17, 15) is 26.7 Å². The minimum Gasteiger partial charge on any atom is -0.480 e. The van der Waals surface area contributed by atoms with Crippen LogP contribution in [0.1, 0.15) is 11.6 Å². The van der Waals surface area contributed by atoms with Crippen molar-refractivity contribution in [3.05, 3.63) is 35.4 Å². The van der Waals surface area contributed by atoms with Crippen molar-refractivity contribution in [2.24, 2.45) is 0 Å². The van der Waals surface area contributed by atoms with Crippen molar-refractivity contribution >= 4 is 5.97 Å². The van der Waals surface area contributed by atoms with Crippen molar-refractivity contribution in [1.82, 2.24) is 4.90 Å². The van der Waals surface area contributed by atoms with Gasteiger partial charge >= 0.3 is 12.3 Å². The number of benzene rings is 1. The van der Waals surface area contributed by atoms with E-state index in [-0.39, 0.29) is 18.7 Å². The van der Waals surface area contributed by atoms with Gasteiger partial charge in [0, 0.05) is 24.7 Å². The Kier molecular flexibility index (Phi) is 4.15. The van der Waals surface area contributed by atoms with Gasteiger partial charge in [0.05, 0.1) is 6.10 Å². The number of aliphatic carboxylic acids is 1. The van der Waals surface area contributed by atoms with Crippen LogP contribution < -0.4 is 0 Å². The highest BCUT2D eigenvalue weighted by atomic mass is 19.4. The summed E-state index contributed by atoms with van der Waals surface area (Å²) in [7, 11) is 0. The number of nitrogens with zero attached hydrogens (tertiary/aromatic N) is 1. The van der Waals surface area contributed by atoms with Gasteiger partial charge in [-0.15, -0.1) is 13.2 Å². The van der Waals surface area contributed by atoms with E-state index >= 15 is 0 Å². The summed E-state index contributed by atoms with van der Waals surface area (Å²) in [5.74, 6) is -3.38. The van der Waals surface area contributed by atoms with Gasteiger partial charge in [-0.3, -0.25) is 14.4 Å². The van der Waals surface area contributed by atoms with Gasteiger partial charge in [-0.1, -0.05) is 6.07 Å². The monoisotopic (exact) mass is 311 g/mol. The number of likely N-dealkylation sites (tertiary alicyclic amines) is 1. The van der Waals surface area contributed by atoms with Crippen molar-refractivity contribution in [3.63, 3.8) is 0 Å². The van der Waals surface area contributed by atoms with E-state index in [1.54, 1.807) is 0 Å².